The highest BCUT2D eigenvalue weighted by Gasteiger charge is 2.15. The van der Waals surface area contributed by atoms with Crippen LogP contribution in [-0.4, -0.2) is 44.7 Å². The van der Waals surface area contributed by atoms with E-state index in [0.717, 1.165) is 69.1 Å². The van der Waals surface area contributed by atoms with Crippen LogP contribution in [0.3, 0.4) is 0 Å². The van der Waals surface area contributed by atoms with Gasteiger partial charge in [-0.2, -0.15) is 5.10 Å². The van der Waals surface area contributed by atoms with Gasteiger partial charge in [-0.05, 0) is 113 Å². The Morgan fingerprint density at radius 2 is 1.98 bits per heavy atom. The van der Waals surface area contributed by atoms with Gasteiger partial charge in [-0.1, -0.05) is 37.5 Å². The number of hydrogen-bond acceptors (Lipinski definition) is 4. The number of nitrogens with zero attached hydrogens (tertiary/aromatic N) is 3. The van der Waals surface area contributed by atoms with Crippen molar-refractivity contribution in [1.82, 2.24) is 25.1 Å². The third kappa shape index (κ3) is 6.03. The summed E-state index contributed by atoms with van der Waals surface area (Å²) >= 11 is 1.76. The standard InChI is InChI=1S/C34H39N5S/c1-6-25(12-11-19-39-17-9-10-18-39)21-26(7-2)23(4)20-27-29(8-3)37-38-33(27)31-22-28-30(36-31)15-16-35-34(28)32-14-13-24(5)40-32/h6-8,13-16,20-22,36-37H,1,4,9-12,17-19H2,2-3,5H3/b25-21+,26-7+,27-20+,29-8+. The Labute approximate surface area is 241 Å². The number of allylic oxidation sites excluding steroid dienone is 6. The van der Waals surface area contributed by atoms with E-state index in [1.807, 2.05) is 25.3 Å². The van der Waals surface area contributed by atoms with Crippen molar-refractivity contribution in [2.24, 2.45) is 0 Å². The average Bonchev–Trinajstić information content (AvgIpc) is 3.77. The number of aromatic amines is 2. The lowest BCUT2D eigenvalue weighted by atomic mass is 10.00. The Morgan fingerprint density at radius 1 is 1.15 bits per heavy atom. The third-order valence-electron chi connectivity index (χ3n) is 7.64. The third-order valence-corrected chi connectivity index (χ3v) is 8.65. The molecule has 4 aromatic rings. The molecule has 4 aromatic heterocycles. The minimum absolute atomic E-state index is 0.868. The molecule has 5 heterocycles. The van der Waals surface area contributed by atoms with Crippen LogP contribution in [0.4, 0.5) is 0 Å². The van der Waals surface area contributed by atoms with Gasteiger partial charge in [-0.15, -0.1) is 11.3 Å². The molecular formula is C34H39N5S. The van der Waals surface area contributed by atoms with Crippen molar-refractivity contribution >= 4 is 34.4 Å². The molecule has 0 aromatic carbocycles. The van der Waals surface area contributed by atoms with Crippen LogP contribution in [-0.2, 0) is 0 Å². The van der Waals surface area contributed by atoms with Crippen molar-refractivity contribution in [2.45, 2.75) is 46.5 Å². The fourth-order valence-corrected chi connectivity index (χ4v) is 6.32. The van der Waals surface area contributed by atoms with E-state index in [1.165, 1.54) is 41.3 Å². The summed E-state index contributed by atoms with van der Waals surface area (Å²) in [6, 6.07) is 8.47. The molecule has 0 bridgehead atoms. The first-order valence-corrected chi connectivity index (χ1v) is 15.0. The van der Waals surface area contributed by atoms with E-state index in [-0.39, 0.29) is 0 Å². The number of nitrogens with one attached hydrogen (secondary N) is 2. The summed E-state index contributed by atoms with van der Waals surface area (Å²) in [5.41, 5.74) is 7.15. The van der Waals surface area contributed by atoms with Gasteiger partial charge in [0.05, 0.1) is 21.6 Å². The zero-order chi connectivity index (χ0) is 28.1. The molecule has 0 saturated carbocycles. The molecular weight excluding hydrogens is 510 g/mol. The van der Waals surface area contributed by atoms with Gasteiger partial charge in [0.1, 0.15) is 5.69 Å². The predicted molar refractivity (Wildman–Crippen MR) is 172 cm³/mol. The number of aryl methyl sites for hydroxylation is 1. The van der Waals surface area contributed by atoms with Gasteiger partial charge in [0.15, 0.2) is 0 Å². The minimum Gasteiger partial charge on any atom is -0.353 e. The van der Waals surface area contributed by atoms with Crippen molar-refractivity contribution in [1.29, 1.82) is 0 Å². The lowest BCUT2D eigenvalue weighted by Gasteiger charge is -2.14. The number of aromatic nitrogens is 4. The summed E-state index contributed by atoms with van der Waals surface area (Å²) < 4.78 is 0. The van der Waals surface area contributed by atoms with E-state index < -0.39 is 0 Å². The number of fused-ring (bicyclic) bond motifs is 1. The zero-order valence-corrected chi connectivity index (χ0v) is 24.7. The number of pyridine rings is 1. The minimum atomic E-state index is 0.868. The quantitative estimate of drug-likeness (QED) is 0.208. The van der Waals surface area contributed by atoms with Crippen molar-refractivity contribution in [3.63, 3.8) is 0 Å². The summed E-state index contributed by atoms with van der Waals surface area (Å²) in [7, 11) is 0. The Balaban J connectivity index is 1.45. The number of likely N-dealkylation sites (tertiary alicyclic amines) is 1. The SMILES string of the molecule is C=C/C(=C\C(=C/C)C(=C)/C=c1/c(-c2cc3c(-c4ccc(C)s4)nccc3[nH]2)n[nH]/c1=C/C)CCCN1CCCC1. The lowest BCUT2D eigenvalue weighted by molar-refractivity contribution is 0.334. The predicted octanol–water partition coefficient (Wildman–Crippen LogP) is 7.06. The zero-order valence-electron chi connectivity index (χ0n) is 23.9. The summed E-state index contributed by atoms with van der Waals surface area (Å²) in [6.45, 7) is 18.4. The molecule has 1 aliphatic heterocycles. The summed E-state index contributed by atoms with van der Waals surface area (Å²) in [6.07, 6.45) is 17.2. The Kier molecular flexibility index (Phi) is 8.78. The Bertz CT molecular complexity index is 1700. The number of hydrogen-bond donors (Lipinski definition) is 2. The van der Waals surface area contributed by atoms with Crippen molar-refractivity contribution < 1.29 is 0 Å². The molecule has 5 nitrogen and oxygen atoms in total. The second kappa shape index (κ2) is 12.6. The number of rotatable bonds is 10. The van der Waals surface area contributed by atoms with E-state index in [4.69, 9.17) is 10.1 Å². The first kappa shape index (κ1) is 27.8. The van der Waals surface area contributed by atoms with Crippen LogP contribution in [0.2, 0.25) is 0 Å². The smallest absolute Gasteiger partial charge is 0.116 e. The largest absolute Gasteiger partial charge is 0.353 e. The van der Waals surface area contributed by atoms with Crippen LogP contribution >= 0.6 is 11.3 Å². The molecule has 40 heavy (non-hydrogen) atoms. The Hall–Kier alpha value is -3.74. The van der Waals surface area contributed by atoms with Gasteiger partial charge in [0.2, 0.25) is 0 Å². The van der Waals surface area contributed by atoms with Gasteiger partial charge in [0, 0.05) is 27.2 Å². The van der Waals surface area contributed by atoms with E-state index in [9.17, 15) is 0 Å². The second-order valence-electron chi connectivity index (χ2n) is 10.4. The van der Waals surface area contributed by atoms with Crippen molar-refractivity contribution in [3.05, 3.63) is 94.0 Å². The highest BCUT2D eigenvalue weighted by molar-refractivity contribution is 7.15. The monoisotopic (exact) mass is 549 g/mol. The van der Waals surface area contributed by atoms with Crippen molar-refractivity contribution in [2.75, 3.05) is 19.6 Å². The normalized spacial score (nSPS) is 16.0. The fourth-order valence-electron chi connectivity index (χ4n) is 5.44. The highest BCUT2D eigenvalue weighted by Crippen LogP contribution is 2.33. The van der Waals surface area contributed by atoms with Crippen LogP contribution in [0.25, 0.3) is 45.0 Å². The number of H-pyrrole nitrogens is 2. The van der Waals surface area contributed by atoms with Gasteiger partial charge in [0.25, 0.3) is 0 Å². The molecule has 2 N–H and O–H groups in total. The molecule has 1 fully saturated rings. The molecule has 0 amide bonds. The highest BCUT2D eigenvalue weighted by atomic mass is 32.1. The van der Waals surface area contributed by atoms with Crippen LogP contribution in [0.5, 0.6) is 0 Å². The molecule has 0 atom stereocenters. The molecule has 1 aliphatic rings. The van der Waals surface area contributed by atoms with Crippen LogP contribution in [0.15, 0.2) is 78.6 Å². The molecule has 0 spiro atoms. The summed E-state index contributed by atoms with van der Waals surface area (Å²) in [5.74, 6) is 0. The van der Waals surface area contributed by atoms with E-state index >= 15 is 0 Å². The lowest BCUT2D eigenvalue weighted by Crippen LogP contribution is -2.23. The molecule has 1 saturated heterocycles. The van der Waals surface area contributed by atoms with E-state index in [1.54, 1.807) is 11.3 Å². The van der Waals surface area contributed by atoms with Crippen LogP contribution in [0, 0.1) is 6.92 Å². The molecule has 0 aliphatic carbocycles. The van der Waals surface area contributed by atoms with Crippen LogP contribution in [0.1, 0.15) is 44.4 Å². The van der Waals surface area contributed by atoms with Crippen molar-refractivity contribution in [3.8, 4) is 22.0 Å². The molecule has 6 heteroatoms. The molecule has 5 rings (SSSR count). The van der Waals surface area contributed by atoms with Gasteiger partial charge >= 0.3 is 0 Å². The fraction of sp³-hybridized carbons (Fsp3) is 0.294. The second-order valence-corrected chi connectivity index (χ2v) is 11.7. The first-order valence-electron chi connectivity index (χ1n) is 14.2. The average molecular weight is 550 g/mol. The molecule has 0 radical (unpaired) electrons. The van der Waals surface area contributed by atoms with Gasteiger partial charge < -0.3 is 9.88 Å². The molecule has 0 unspecified atom stereocenters. The van der Waals surface area contributed by atoms with E-state index in [0.29, 0.717) is 0 Å². The maximum atomic E-state index is 4.72. The molecule has 206 valence electrons. The first-order chi connectivity index (χ1) is 19.5. The van der Waals surface area contributed by atoms with Gasteiger partial charge in [-0.3, -0.25) is 10.1 Å². The topological polar surface area (TPSA) is 60.6 Å². The number of thiophene rings is 1. The maximum Gasteiger partial charge on any atom is 0.116 e. The maximum absolute atomic E-state index is 4.72. The Morgan fingerprint density at radius 3 is 2.67 bits per heavy atom. The van der Waals surface area contributed by atoms with Gasteiger partial charge in [-0.25, -0.2) is 0 Å². The van der Waals surface area contributed by atoms with Crippen LogP contribution < -0.4 is 10.6 Å². The van der Waals surface area contributed by atoms with E-state index in [2.05, 4.69) is 84.5 Å². The summed E-state index contributed by atoms with van der Waals surface area (Å²) in [5, 5.41) is 11.0. The summed E-state index contributed by atoms with van der Waals surface area (Å²) in [4.78, 5) is 13.3.